The normalized spacial score (nSPS) is 11.2. The van der Waals surface area contributed by atoms with Gasteiger partial charge in [0, 0.05) is 6.61 Å². The molecule has 0 unspecified atom stereocenters. The summed E-state index contributed by atoms with van der Waals surface area (Å²) in [6, 6.07) is 12.4. The van der Waals surface area contributed by atoms with Crippen LogP contribution in [0.1, 0.15) is 25.8 Å². The minimum absolute atomic E-state index is 0.178. The van der Waals surface area contributed by atoms with Gasteiger partial charge in [-0.1, -0.05) is 38.1 Å². The second-order valence-electron chi connectivity index (χ2n) is 5.30. The molecule has 0 saturated carbocycles. The molecule has 2 aromatic carbocycles. The number of aliphatic hydroxyl groups is 1. The topological polar surface area (TPSA) is 29.5 Å². The molecule has 2 heteroatoms. The predicted octanol–water partition coefficient (Wildman–Crippen LogP) is 3.80. The highest BCUT2D eigenvalue weighted by Gasteiger charge is 2.03. The molecule has 0 aliphatic heterocycles. The molecule has 0 aliphatic carbocycles. The number of aliphatic hydroxyl groups excluding tert-OH is 1. The Balaban J connectivity index is 2.20. The summed E-state index contributed by atoms with van der Waals surface area (Å²) < 4.78 is 5.80. The first kappa shape index (κ1) is 13.9. The third-order valence-corrected chi connectivity index (χ3v) is 3.29. The van der Waals surface area contributed by atoms with Gasteiger partial charge in [0.2, 0.25) is 0 Å². The quantitative estimate of drug-likeness (QED) is 0.854. The van der Waals surface area contributed by atoms with E-state index in [0.29, 0.717) is 12.3 Å². The number of hydrogen-bond acceptors (Lipinski definition) is 2. The molecule has 0 aromatic heterocycles. The molecule has 0 bridgehead atoms. The van der Waals surface area contributed by atoms with Crippen LogP contribution >= 0.6 is 0 Å². The Morgan fingerprint density at radius 3 is 2.74 bits per heavy atom. The van der Waals surface area contributed by atoms with Crippen molar-refractivity contribution >= 4 is 10.8 Å². The summed E-state index contributed by atoms with van der Waals surface area (Å²) in [6.45, 7) is 5.33. The van der Waals surface area contributed by atoms with Crippen LogP contribution in [0.3, 0.4) is 0 Å². The zero-order chi connectivity index (χ0) is 13.7. The first-order chi connectivity index (χ1) is 9.20. The molecule has 2 rings (SSSR count). The van der Waals surface area contributed by atoms with Crippen molar-refractivity contribution in [2.75, 3.05) is 13.2 Å². The van der Waals surface area contributed by atoms with Crippen molar-refractivity contribution in [3.05, 3.63) is 42.0 Å². The van der Waals surface area contributed by atoms with Crippen molar-refractivity contribution in [3.63, 3.8) is 0 Å². The van der Waals surface area contributed by atoms with E-state index in [1.807, 2.05) is 12.1 Å². The van der Waals surface area contributed by atoms with Gasteiger partial charge in [-0.05, 0) is 47.2 Å². The maximum absolute atomic E-state index is 9.12. The van der Waals surface area contributed by atoms with E-state index in [1.165, 1.54) is 16.3 Å². The molecule has 0 radical (unpaired) electrons. The van der Waals surface area contributed by atoms with E-state index in [-0.39, 0.29) is 6.61 Å². The van der Waals surface area contributed by atoms with Crippen molar-refractivity contribution in [2.45, 2.75) is 26.7 Å². The van der Waals surface area contributed by atoms with Gasteiger partial charge in [0.25, 0.3) is 0 Å². The zero-order valence-electron chi connectivity index (χ0n) is 11.7. The monoisotopic (exact) mass is 258 g/mol. The van der Waals surface area contributed by atoms with E-state index in [9.17, 15) is 0 Å². The van der Waals surface area contributed by atoms with Gasteiger partial charge in [0.15, 0.2) is 0 Å². The highest BCUT2D eigenvalue weighted by molar-refractivity contribution is 5.87. The van der Waals surface area contributed by atoms with Crippen LogP contribution in [0.2, 0.25) is 0 Å². The average molecular weight is 258 g/mol. The molecule has 2 aromatic rings. The minimum Gasteiger partial charge on any atom is -0.494 e. The number of ether oxygens (including phenoxy) is 1. The summed E-state index contributed by atoms with van der Waals surface area (Å²) in [7, 11) is 0. The van der Waals surface area contributed by atoms with Crippen LogP contribution in [0.5, 0.6) is 5.75 Å². The second kappa shape index (κ2) is 6.58. The van der Waals surface area contributed by atoms with Crippen LogP contribution in [0.4, 0.5) is 0 Å². The molecule has 2 nitrogen and oxygen atoms in total. The maximum atomic E-state index is 9.12. The Morgan fingerprint density at radius 1 is 1.16 bits per heavy atom. The Labute approximate surface area is 115 Å². The lowest BCUT2D eigenvalue weighted by Gasteiger charge is -2.10. The summed E-state index contributed by atoms with van der Waals surface area (Å²) in [5.41, 5.74) is 1.18. The van der Waals surface area contributed by atoms with E-state index in [1.54, 1.807) is 0 Å². The van der Waals surface area contributed by atoms with Crippen LogP contribution in [-0.2, 0) is 6.42 Å². The van der Waals surface area contributed by atoms with Gasteiger partial charge in [-0.25, -0.2) is 0 Å². The van der Waals surface area contributed by atoms with Crippen molar-refractivity contribution < 1.29 is 9.84 Å². The van der Waals surface area contributed by atoms with E-state index in [0.717, 1.165) is 18.8 Å². The van der Waals surface area contributed by atoms with Crippen molar-refractivity contribution in [3.8, 4) is 5.75 Å². The average Bonchev–Trinajstić information content (AvgIpc) is 2.39. The maximum Gasteiger partial charge on any atom is 0.119 e. The van der Waals surface area contributed by atoms with Crippen LogP contribution in [0.15, 0.2) is 36.4 Å². The summed E-state index contributed by atoms with van der Waals surface area (Å²) >= 11 is 0. The summed E-state index contributed by atoms with van der Waals surface area (Å²) in [5.74, 6) is 1.57. The number of rotatable bonds is 6. The van der Waals surface area contributed by atoms with Gasteiger partial charge in [-0.3, -0.25) is 0 Å². The van der Waals surface area contributed by atoms with Crippen LogP contribution in [-0.4, -0.2) is 18.3 Å². The standard InChI is InChI=1S/C17H22O2/c1-13(2)9-11-19-16-7-6-14-4-3-5-15(8-10-18)17(14)12-16/h3-7,12-13,18H,8-11H2,1-2H3. The molecule has 19 heavy (non-hydrogen) atoms. The molecule has 1 N–H and O–H groups in total. The van der Waals surface area contributed by atoms with Gasteiger partial charge >= 0.3 is 0 Å². The Bertz CT molecular complexity index is 532. The SMILES string of the molecule is CC(C)CCOc1ccc2cccc(CCO)c2c1. The lowest BCUT2D eigenvalue weighted by Crippen LogP contribution is -2.01. The molecule has 0 saturated heterocycles. The fraction of sp³-hybridized carbons (Fsp3) is 0.412. The van der Waals surface area contributed by atoms with Gasteiger partial charge in [-0.15, -0.1) is 0 Å². The third-order valence-electron chi connectivity index (χ3n) is 3.29. The fourth-order valence-electron chi connectivity index (χ4n) is 2.16. The number of hydrogen-bond donors (Lipinski definition) is 1. The van der Waals surface area contributed by atoms with E-state index in [2.05, 4.69) is 38.1 Å². The van der Waals surface area contributed by atoms with Gasteiger partial charge < -0.3 is 9.84 Å². The largest absolute Gasteiger partial charge is 0.494 e. The lowest BCUT2D eigenvalue weighted by atomic mass is 10.0. The molecule has 102 valence electrons. The number of benzene rings is 2. The first-order valence-corrected chi connectivity index (χ1v) is 6.96. The van der Waals surface area contributed by atoms with Crippen LogP contribution < -0.4 is 4.74 Å². The highest BCUT2D eigenvalue weighted by atomic mass is 16.5. The van der Waals surface area contributed by atoms with Gasteiger partial charge in [-0.2, -0.15) is 0 Å². The highest BCUT2D eigenvalue weighted by Crippen LogP contribution is 2.24. The molecular formula is C17H22O2. The first-order valence-electron chi connectivity index (χ1n) is 6.96. The number of fused-ring (bicyclic) bond motifs is 1. The molecule has 0 amide bonds. The molecule has 0 fully saturated rings. The predicted molar refractivity (Wildman–Crippen MR) is 79.7 cm³/mol. The smallest absolute Gasteiger partial charge is 0.119 e. The zero-order valence-corrected chi connectivity index (χ0v) is 11.7. The summed E-state index contributed by atoms with van der Waals surface area (Å²) in [4.78, 5) is 0. The van der Waals surface area contributed by atoms with E-state index in [4.69, 9.17) is 9.84 Å². The Kier molecular flexibility index (Phi) is 4.80. The van der Waals surface area contributed by atoms with Gasteiger partial charge in [0.05, 0.1) is 6.61 Å². The minimum atomic E-state index is 0.178. The second-order valence-corrected chi connectivity index (χ2v) is 5.30. The van der Waals surface area contributed by atoms with E-state index < -0.39 is 0 Å². The van der Waals surface area contributed by atoms with E-state index >= 15 is 0 Å². The summed E-state index contributed by atoms with van der Waals surface area (Å²) in [6.07, 6.45) is 1.75. The van der Waals surface area contributed by atoms with Crippen molar-refractivity contribution in [1.29, 1.82) is 0 Å². The van der Waals surface area contributed by atoms with Gasteiger partial charge in [0.1, 0.15) is 5.75 Å². The third kappa shape index (κ3) is 3.71. The van der Waals surface area contributed by atoms with Crippen molar-refractivity contribution in [1.82, 2.24) is 0 Å². The molecule has 0 spiro atoms. The summed E-state index contributed by atoms with van der Waals surface area (Å²) in [5, 5.41) is 11.5. The van der Waals surface area contributed by atoms with Crippen LogP contribution in [0, 0.1) is 5.92 Å². The van der Waals surface area contributed by atoms with Crippen LogP contribution in [0.25, 0.3) is 10.8 Å². The Hall–Kier alpha value is -1.54. The molecular weight excluding hydrogens is 236 g/mol. The molecule has 0 aliphatic rings. The lowest BCUT2D eigenvalue weighted by molar-refractivity contribution is 0.289. The molecule has 0 atom stereocenters. The molecule has 0 heterocycles. The Morgan fingerprint density at radius 2 is 2.00 bits per heavy atom. The fourth-order valence-corrected chi connectivity index (χ4v) is 2.16. The van der Waals surface area contributed by atoms with Crippen molar-refractivity contribution in [2.24, 2.45) is 5.92 Å².